The van der Waals surface area contributed by atoms with E-state index in [9.17, 15) is 58.2 Å². The lowest BCUT2D eigenvalue weighted by Gasteiger charge is -2.31. The van der Waals surface area contributed by atoms with Gasteiger partial charge >= 0.3 is 5.97 Å². The van der Waals surface area contributed by atoms with E-state index in [1.165, 1.54) is 24.3 Å². The number of hydrogen-bond acceptors (Lipinski definition) is 15. The fourth-order valence-corrected chi connectivity index (χ4v) is 10.00. The van der Waals surface area contributed by atoms with E-state index in [-0.39, 0.29) is 63.2 Å². The second kappa shape index (κ2) is 31.3. The number of H-pyrrole nitrogens is 2. The minimum atomic E-state index is -1.55. The predicted molar refractivity (Wildman–Crippen MR) is 298 cm³/mol. The normalized spacial score (nSPS) is 16.2. The van der Waals surface area contributed by atoms with E-state index in [1.807, 2.05) is 24.3 Å². The third-order valence-electron chi connectivity index (χ3n) is 13.7. The SMILES string of the molecule is CCC(=O)CSC(=O)[C@H](Cc1ccccc1)NC(=O)[C@H](Cc1cnc[nH]1)NC(=O)[C@H](CCCCN)NC(=O)[C@@H](NC(=O)[C@H](CCC(=O)O)NC(=O)[C@@H]1CCCN1C(=O)[C@@H](NC(=O)[C@@H](N)Cc1c[nH]c2ccccc12)[C@@H](C)O)C(C)C. The number of carboxylic acid groups (broad SMARTS) is 1. The highest BCUT2D eigenvalue weighted by Gasteiger charge is 2.41. The molecule has 0 unspecified atom stereocenters. The first kappa shape index (κ1) is 63.4. The number of nitrogens with one attached hydrogen (secondary N) is 8. The average molecular weight is 1130 g/mol. The Morgan fingerprint density at radius 1 is 0.750 bits per heavy atom. The summed E-state index contributed by atoms with van der Waals surface area (Å²) < 4.78 is 0. The van der Waals surface area contributed by atoms with Crippen molar-refractivity contribution in [1.82, 2.24) is 51.8 Å². The summed E-state index contributed by atoms with van der Waals surface area (Å²) in [4.78, 5) is 147. The van der Waals surface area contributed by atoms with Crippen LogP contribution in [0, 0.1) is 5.92 Å². The van der Waals surface area contributed by atoms with Crippen molar-refractivity contribution < 1.29 is 58.2 Å². The van der Waals surface area contributed by atoms with Crippen molar-refractivity contribution >= 4 is 80.9 Å². The number of aliphatic carboxylic acids is 1. The lowest BCUT2D eigenvalue weighted by atomic mass is 10.00. The monoisotopic (exact) mass is 1130 g/mol. The fourth-order valence-electron chi connectivity index (χ4n) is 9.14. The van der Waals surface area contributed by atoms with Crippen molar-refractivity contribution in [3.8, 4) is 0 Å². The summed E-state index contributed by atoms with van der Waals surface area (Å²) in [5.41, 5.74) is 14.9. The number of aliphatic hydroxyl groups excluding tert-OH is 1. The molecule has 434 valence electrons. The Hall–Kier alpha value is -7.48. The summed E-state index contributed by atoms with van der Waals surface area (Å²) in [6.07, 6.45) is 3.71. The third kappa shape index (κ3) is 18.8. The second-order valence-corrected chi connectivity index (χ2v) is 21.2. The van der Waals surface area contributed by atoms with Crippen LogP contribution in [0.15, 0.2) is 73.3 Å². The topological polar surface area (TPSA) is 383 Å². The number of likely N-dealkylation sites (tertiary alicyclic amines) is 1. The summed E-state index contributed by atoms with van der Waals surface area (Å²) in [6, 6.07) is 5.88. The number of rotatable bonds is 32. The summed E-state index contributed by atoms with van der Waals surface area (Å²) in [5.74, 6) is -7.83. The number of para-hydroxylation sites is 1. The molecular formula is C55H76N12O12S. The van der Waals surface area contributed by atoms with E-state index in [1.54, 1.807) is 57.3 Å². The van der Waals surface area contributed by atoms with Crippen LogP contribution in [0.2, 0.25) is 0 Å². The van der Waals surface area contributed by atoms with Gasteiger partial charge in [-0.25, -0.2) is 4.98 Å². The van der Waals surface area contributed by atoms with Crippen molar-refractivity contribution in [3.05, 3.63) is 90.1 Å². The molecule has 0 radical (unpaired) electrons. The minimum Gasteiger partial charge on any atom is -0.481 e. The van der Waals surface area contributed by atoms with Crippen molar-refractivity contribution in [2.45, 2.75) is 153 Å². The number of thioether (sulfide) groups is 1. The molecule has 2 aromatic heterocycles. The number of unbranched alkanes of at least 4 members (excludes halogenated alkanes) is 1. The van der Waals surface area contributed by atoms with Crippen LogP contribution in [-0.2, 0) is 67.2 Å². The van der Waals surface area contributed by atoms with E-state index in [4.69, 9.17) is 11.5 Å². The zero-order chi connectivity index (χ0) is 58.5. The summed E-state index contributed by atoms with van der Waals surface area (Å²) >= 11 is 0.782. The van der Waals surface area contributed by atoms with E-state index >= 15 is 0 Å². The highest BCUT2D eigenvalue weighted by Crippen LogP contribution is 2.22. The first-order valence-corrected chi connectivity index (χ1v) is 27.9. The van der Waals surface area contributed by atoms with E-state index in [0.29, 0.717) is 25.0 Å². The number of aromatic amines is 2. The summed E-state index contributed by atoms with van der Waals surface area (Å²) in [5, 5.41) is 36.8. The highest BCUT2D eigenvalue weighted by atomic mass is 32.2. The number of fused-ring (bicyclic) bond motifs is 1. The molecule has 0 bridgehead atoms. The number of amides is 7. The van der Waals surface area contributed by atoms with Gasteiger partial charge in [-0.1, -0.05) is 81.1 Å². The van der Waals surface area contributed by atoms with Crippen LogP contribution in [0.1, 0.15) is 95.9 Å². The quantitative estimate of drug-likeness (QED) is 0.0295. The third-order valence-corrected chi connectivity index (χ3v) is 14.7. The van der Waals surface area contributed by atoms with Crippen LogP contribution in [0.5, 0.6) is 0 Å². The van der Waals surface area contributed by atoms with E-state index < -0.39 is 126 Å². The van der Waals surface area contributed by atoms with Crippen LogP contribution in [-0.4, -0.2) is 162 Å². The van der Waals surface area contributed by atoms with Gasteiger partial charge in [-0.15, -0.1) is 0 Å². The first-order chi connectivity index (χ1) is 38.2. The van der Waals surface area contributed by atoms with Gasteiger partial charge in [0.1, 0.15) is 48.1 Å². The Morgan fingerprint density at radius 3 is 2.06 bits per heavy atom. The number of nitrogens with zero attached hydrogens (tertiary/aromatic N) is 2. The molecule has 0 aliphatic carbocycles. The number of imidazole rings is 1. The summed E-state index contributed by atoms with van der Waals surface area (Å²) in [6.45, 7) is 6.51. The van der Waals surface area contributed by atoms with Crippen LogP contribution < -0.4 is 43.4 Å². The molecule has 9 atom stereocenters. The number of carboxylic acids is 1. The largest absolute Gasteiger partial charge is 0.481 e. The lowest BCUT2D eigenvalue weighted by Crippen LogP contribution is -2.61. The molecule has 14 N–H and O–H groups in total. The van der Waals surface area contributed by atoms with Crippen LogP contribution in [0.3, 0.4) is 0 Å². The standard InChI is InChI=1S/C55H76N12O12S/c1-5-36(69)29-80-55(79)43(24-33-14-7-6-8-15-33)64-51(75)42(26-35-28-58-30-60-35)63-49(73)40(18-11-12-22-56)62-53(77)46(31(2)3)65-50(74)41(20-21-45(70)71)61-52(76)44-19-13-23-67(44)54(78)47(32(4)68)66-48(72)38(57)25-34-27-59-39-17-10-9-16-37(34)39/h6-10,14-17,27-28,30-32,38,40-44,46-47,59,68H,5,11-13,18-26,29,56-57H2,1-4H3,(H,58,60)(H,61,76)(H,62,77)(H,63,73)(H,64,75)(H,65,74)(H,66,72)(H,70,71)/t32-,38+,40+,41+,42+,43+,44+,46+,47+/m1/s1. The van der Waals surface area contributed by atoms with Crippen molar-refractivity contribution in [3.63, 3.8) is 0 Å². The lowest BCUT2D eigenvalue weighted by molar-refractivity contribution is -0.144. The van der Waals surface area contributed by atoms with Gasteiger partial charge in [-0.3, -0.25) is 47.9 Å². The van der Waals surface area contributed by atoms with E-state index in [2.05, 4.69) is 46.9 Å². The Kier molecular flexibility index (Phi) is 24.8. The number of carbonyl (C=O) groups is 10. The molecular weight excluding hydrogens is 1050 g/mol. The van der Waals surface area contributed by atoms with Gasteiger partial charge in [0, 0.05) is 61.2 Å². The number of hydrogen-bond donors (Lipinski definition) is 12. The molecule has 24 nitrogen and oxygen atoms in total. The molecule has 1 aliphatic heterocycles. The van der Waals surface area contributed by atoms with Crippen molar-refractivity contribution in [1.29, 1.82) is 0 Å². The maximum absolute atomic E-state index is 14.4. The minimum absolute atomic E-state index is 0.0362. The Morgan fingerprint density at radius 2 is 1.40 bits per heavy atom. The molecule has 1 aliphatic rings. The zero-order valence-corrected chi connectivity index (χ0v) is 46.4. The van der Waals surface area contributed by atoms with Gasteiger partial charge in [0.05, 0.1) is 24.2 Å². The number of Topliss-reactive ketones (excluding diaryl/α,β-unsaturated/α-hetero) is 1. The molecule has 2 aromatic carbocycles. The van der Waals surface area contributed by atoms with Crippen LogP contribution in [0.4, 0.5) is 0 Å². The first-order valence-electron chi connectivity index (χ1n) is 26.9. The number of aliphatic hydroxyl groups is 1. The van der Waals surface area contributed by atoms with Gasteiger partial charge < -0.3 is 68.4 Å². The number of aromatic nitrogens is 3. The molecule has 7 amide bonds. The Bertz CT molecular complexity index is 2760. The smallest absolute Gasteiger partial charge is 0.303 e. The zero-order valence-electron chi connectivity index (χ0n) is 45.5. The van der Waals surface area contributed by atoms with Crippen LogP contribution >= 0.6 is 11.8 Å². The molecule has 0 saturated carbocycles. The van der Waals surface area contributed by atoms with E-state index in [0.717, 1.165) is 33.8 Å². The fraction of sp³-hybridized carbons (Fsp3) is 0.509. The van der Waals surface area contributed by atoms with Gasteiger partial charge in [0.2, 0.25) is 46.5 Å². The number of benzene rings is 2. The molecule has 25 heteroatoms. The summed E-state index contributed by atoms with van der Waals surface area (Å²) in [7, 11) is 0. The number of ketones is 1. The van der Waals surface area contributed by atoms with Crippen molar-refractivity contribution in [2.75, 3.05) is 18.8 Å². The maximum Gasteiger partial charge on any atom is 0.303 e. The van der Waals surface area contributed by atoms with Crippen LogP contribution in [0.25, 0.3) is 10.9 Å². The maximum atomic E-state index is 14.4. The Labute approximate surface area is 468 Å². The predicted octanol–water partition coefficient (Wildman–Crippen LogP) is 0.415. The Balaban J connectivity index is 1.29. The molecule has 1 fully saturated rings. The van der Waals surface area contributed by atoms with Crippen molar-refractivity contribution in [2.24, 2.45) is 17.4 Å². The molecule has 3 heterocycles. The average Bonchev–Trinajstić information content (AvgIpc) is 4.24. The molecule has 5 rings (SSSR count). The van der Waals surface area contributed by atoms with Gasteiger partial charge in [-0.2, -0.15) is 0 Å². The van der Waals surface area contributed by atoms with Gasteiger partial charge in [0.25, 0.3) is 0 Å². The molecule has 80 heavy (non-hydrogen) atoms. The second-order valence-electron chi connectivity index (χ2n) is 20.2. The van der Waals surface area contributed by atoms with Gasteiger partial charge in [-0.05, 0) is 81.5 Å². The van der Waals surface area contributed by atoms with Gasteiger partial charge in [0.15, 0.2) is 0 Å². The molecule has 4 aromatic rings. The number of nitrogens with two attached hydrogens (primary N) is 2. The highest BCUT2D eigenvalue weighted by molar-refractivity contribution is 8.14. The molecule has 1 saturated heterocycles. The number of carbonyl (C=O) groups excluding carboxylic acids is 9. The molecule has 0 spiro atoms.